The molecule has 0 N–H and O–H groups in total. The van der Waals surface area contributed by atoms with E-state index in [1.165, 1.54) is 4.90 Å². The molecule has 0 saturated carbocycles. The Hall–Kier alpha value is -1.39. The summed E-state index contributed by atoms with van der Waals surface area (Å²) in [5.41, 5.74) is 3.10. The van der Waals surface area contributed by atoms with E-state index in [1.807, 2.05) is 26.0 Å². The number of rotatable bonds is 5. The molecule has 19 heavy (non-hydrogen) atoms. The van der Waals surface area contributed by atoms with Gasteiger partial charge in [0.1, 0.15) is 0 Å². The lowest BCUT2D eigenvalue weighted by Gasteiger charge is -2.17. The summed E-state index contributed by atoms with van der Waals surface area (Å²) in [6, 6.07) is 3.78. The standard InChI is InChI=1S/C14H16ClNO3/c1-9-7-10(2)12-11(8-9)16(14(18)13(12)17)4-6-19-5-3-15/h7-8H,3-6H2,1-2H3. The highest BCUT2D eigenvalue weighted by molar-refractivity contribution is 6.52. The molecule has 0 unspecified atom stereocenters. The van der Waals surface area contributed by atoms with Gasteiger partial charge in [-0.1, -0.05) is 6.07 Å². The molecule has 0 atom stereocenters. The van der Waals surface area contributed by atoms with Gasteiger partial charge in [0.05, 0.1) is 24.5 Å². The lowest BCUT2D eigenvalue weighted by molar-refractivity contribution is -0.114. The van der Waals surface area contributed by atoms with Gasteiger partial charge in [0.15, 0.2) is 0 Å². The van der Waals surface area contributed by atoms with E-state index in [-0.39, 0.29) is 0 Å². The second-order valence-electron chi connectivity index (χ2n) is 4.56. The normalized spacial score (nSPS) is 14.2. The average molecular weight is 282 g/mol. The van der Waals surface area contributed by atoms with Crippen LogP contribution in [0.1, 0.15) is 21.5 Å². The largest absolute Gasteiger partial charge is 0.378 e. The van der Waals surface area contributed by atoms with Crippen molar-refractivity contribution in [2.24, 2.45) is 0 Å². The van der Waals surface area contributed by atoms with Gasteiger partial charge in [0.2, 0.25) is 0 Å². The summed E-state index contributed by atoms with van der Waals surface area (Å²) in [5.74, 6) is -0.482. The van der Waals surface area contributed by atoms with E-state index in [9.17, 15) is 9.59 Å². The molecular weight excluding hydrogens is 266 g/mol. The summed E-state index contributed by atoms with van der Waals surface area (Å²) < 4.78 is 5.27. The topological polar surface area (TPSA) is 46.6 Å². The zero-order valence-electron chi connectivity index (χ0n) is 11.0. The summed E-state index contributed by atoms with van der Waals surface area (Å²) in [4.78, 5) is 25.5. The first-order chi connectivity index (χ1) is 9.06. The van der Waals surface area contributed by atoms with Crippen LogP contribution in [0.15, 0.2) is 12.1 Å². The summed E-state index contributed by atoms with van der Waals surface area (Å²) in [7, 11) is 0. The third kappa shape index (κ3) is 2.65. The molecule has 0 bridgehead atoms. The first-order valence-corrected chi connectivity index (χ1v) is 6.71. The first kappa shape index (κ1) is 14.0. The predicted molar refractivity (Wildman–Crippen MR) is 74.1 cm³/mol. The van der Waals surface area contributed by atoms with Crippen molar-refractivity contribution in [1.29, 1.82) is 0 Å². The van der Waals surface area contributed by atoms with Crippen LogP contribution in [-0.2, 0) is 9.53 Å². The molecule has 1 aromatic carbocycles. The molecule has 1 aliphatic heterocycles. The Labute approximate surface area is 117 Å². The summed E-state index contributed by atoms with van der Waals surface area (Å²) in [6.45, 7) is 4.99. The second kappa shape index (κ2) is 5.72. The summed E-state index contributed by atoms with van der Waals surface area (Å²) in [5, 5.41) is 0. The Morgan fingerprint density at radius 1 is 1.21 bits per heavy atom. The van der Waals surface area contributed by atoms with Crippen LogP contribution in [-0.4, -0.2) is 37.3 Å². The van der Waals surface area contributed by atoms with Gasteiger partial charge in [-0.3, -0.25) is 9.59 Å². The van der Waals surface area contributed by atoms with Crippen molar-refractivity contribution < 1.29 is 14.3 Å². The van der Waals surface area contributed by atoms with Crippen molar-refractivity contribution in [2.75, 3.05) is 30.5 Å². The van der Waals surface area contributed by atoms with Crippen LogP contribution in [0.5, 0.6) is 0 Å². The Kier molecular flexibility index (Phi) is 4.22. The van der Waals surface area contributed by atoms with Crippen LogP contribution in [0.25, 0.3) is 0 Å². The maximum absolute atomic E-state index is 12.0. The molecule has 5 heteroatoms. The number of Topliss-reactive ketones (excluding diaryl/α,β-unsaturated/α-hetero) is 1. The summed E-state index contributed by atoms with van der Waals surface area (Å²) in [6.07, 6.45) is 0. The SMILES string of the molecule is Cc1cc(C)c2c(c1)N(CCOCCCl)C(=O)C2=O. The van der Waals surface area contributed by atoms with Gasteiger partial charge in [0, 0.05) is 12.4 Å². The number of hydrogen-bond donors (Lipinski definition) is 0. The molecule has 4 nitrogen and oxygen atoms in total. The smallest absolute Gasteiger partial charge is 0.299 e. The molecule has 1 heterocycles. The molecule has 0 spiro atoms. The van der Waals surface area contributed by atoms with E-state index < -0.39 is 11.7 Å². The van der Waals surface area contributed by atoms with Gasteiger partial charge in [-0.2, -0.15) is 0 Å². The van der Waals surface area contributed by atoms with E-state index >= 15 is 0 Å². The van der Waals surface area contributed by atoms with Crippen LogP contribution < -0.4 is 4.90 Å². The molecule has 102 valence electrons. The molecule has 0 radical (unpaired) electrons. The fourth-order valence-electron chi connectivity index (χ4n) is 2.33. The van der Waals surface area contributed by atoms with Crippen molar-refractivity contribution in [1.82, 2.24) is 0 Å². The quantitative estimate of drug-likeness (QED) is 0.472. The highest BCUT2D eigenvalue weighted by Gasteiger charge is 2.36. The number of ether oxygens (including phenoxy) is 1. The lowest BCUT2D eigenvalue weighted by atomic mass is 10.0. The Morgan fingerprint density at radius 3 is 2.63 bits per heavy atom. The Morgan fingerprint density at radius 2 is 1.95 bits per heavy atom. The molecule has 2 rings (SSSR count). The zero-order chi connectivity index (χ0) is 14.0. The van der Waals surface area contributed by atoms with E-state index in [0.29, 0.717) is 36.9 Å². The molecule has 0 aliphatic carbocycles. The number of ketones is 1. The number of nitrogens with zero attached hydrogens (tertiary/aromatic N) is 1. The number of aryl methyl sites for hydroxylation is 2. The monoisotopic (exact) mass is 281 g/mol. The van der Waals surface area contributed by atoms with Gasteiger partial charge in [-0.05, 0) is 31.0 Å². The van der Waals surface area contributed by atoms with Crippen molar-refractivity contribution in [3.05, 3.63) is 28.8 Å². The van der Waals surface area contributed by atoms with Gasteiger partial charge in [-0.15, -0.1) is 11.6 Å². The lowest BCUT2D eigenvalue weighted by Crippen LogP contribution is -2.33. The summed E-state index contributed by atoms with van der Waals surface area (Å²) >= 11 is 5.51. The van der Waals surface area contributed by atoms with Crippen molar-refractivity contribution >= 4 is 29.0 Å². The first-order valence-electron chi connectivity index (χ1n) is 6.17. The molecule has 0 fully saturated rings. The number of amides is 1. The van der Waals surface area contributed by atoms with Crippen molar-refractivity contribution in [3.63, 3.8) is 0 Å². The van der Waals surface area contributed by atoms with E-state index in [4.69, 9.17) is 16.3 Å². The highest BCUT2D eigenvalue weighted by Crippen LogP contribution is 2.32. The Bertz CT molecular complexity index is 528. The van der Waals surface area contributed by atoms with Gasteiger partial charge >= 0.3 is 0 Å². The Balaban J connectivity index is 2.23. The van der Waals surface area contributed by atoms with E-state index in [0.717, 1.165) is 11.1 Å². The number of anilines is 1. The maximum atomic E-state index is 12.0. The predicted octanol–water partition coefficient (Wildman–Crippen LogP) is 2.09. The number of halogens is 1. The van der Waals surface area contributed by atoms with E-state index in [1.54, 1.807) is 0 Å². The number of carbonyl (C=O) groups excluding carboxylic acids is 2. The van der Waals surface area contributed by atoms with Crippen LogP contribution in [0.3, 0.4) is 0 Å². The minimum Gasteiger partial charge on any atom is -0.378 e. The third-order valence-electron chi connectivity index (χ3n) is 3.10. The zero-order valence-corrected chi connectivity index (χ0v) is 11.8. The molecule has 1 aliphatic rings. The van der Waals surface area contributed by atoms with Crippen molar-refractivity contribution in [2.45, 2.75) is 13.8 Å². The highest BCUT2D eigenvalue weighted by atomic mass is 35.5. The minimum atomic E-state index is -0.474. The van der Waals surface area contributed by atoms with Gasteiger partial charge in [-0.25, -0.2) is 0 Å². The number of alkyl halides is 1. The minimum absolute atomic E-state index is 0.372. The van der Waals surface area contributed by atoms with Crippen LogP contribution >= 0.6 is 11.6 Å². The average Bonchev–Trinajstić information content (AvgIpc) is 2.59. The van der Waals surface area contributed by atoms with Crippen LogP contribution in [0.4, 0.5) is 5.69 Å². The van der Waals surface area contributed by atoms with E-state index in [2.05, 4.69) is 0 Å². The molecule has 1 amide bonds. The number of benzene rings is 1. The number of fused-ring (bicyclic) bond motifs is 1. The molecule has 0 saturated heterocycles. The molecule has 0 aromatic heterocycles. The fourth-order valence-corrected chi connectivity index (χ4v) is 2.44. The van der Waals surface area contributed by atoms with Crippen molar-refractivity contribution in [3.8, 4) is 0 Å². The molecular formula is C14H16ClNO3. The maximum Gasteiger partial charge on any atom is 0.299 e. The number of hydrogen-bond acceptors (Lipinski definition) is 3. The third-order valence-corrected chi connectivity index (χ3v) is 3.25. The van der Waals surface area contributed by atoms with Crippen LogP contribution in [0, 0.1) is 13.8 Å². The molecule has 1 aromatic rings. The number of carbonyl (C=O) groups is 2. The second-order valence-corrected chi connectivity index (χ2v) is 4.94. The van der Waals surface area contributed by atoms with Gasteiger partial charge in [0.25, 0.3) is 11.7 Å². The fraction of sp³-hybridized carbons (Fsp3) is 0.429. The van der Waals surface area contributed by atoms with Crippen LogP contribution in [0.2, 0.25) is 0 Å². The van der Waals surface area contributed by atoms with Gasteiger partial charge < -0.3 is 9.64 Å².